The lowest BCUT2D eigenvalue weighted by Gasteiger charge is -2.62. The largest absolute Gasteiger partial charge is 0.463 e. The van der Waals surface area contributed by atoms with E-state index in [9.17, 15) is 0 Å². The molecule has 27 heavy (non-hydrogen) atoms. The third kappa shape index (κ3) is 2.64. The number of halogens is 1. The van der Waals surface area contributed by atoms with Gasteiger partial charge in [-0.05, 0) is 57.1 Å². The molecule has 1 saturated carbocycles. The molecule has 5 nitrogen and oxygen atoms in total. The van der Waals surface area contributed by atoms with Crippen LogP contribution in [-0.2, 0) is 19.2 Å². The van der Waals surface area contributed by atoms with E-state index in [0.29, 0.717) is 11.8 Å². The van der Waals surface area contributed by atoms with Crippen molar-refractivity contribution in [3.05, 3.63) is 30.3 Å². The first-order valence-electron chi connectivity index (χ1n) is 9.96. The van der Waals surface area contributed by atoms with Crippen LogP contribution in [0.2, 0.25) is 0 Å². The summed E-state index contributed by atoms with van der Waals surface area (Å²) in [6, 6.07) is 9.80. The highest BCUT2D eigenvalue weighted by molar-refractivity contribution is 9.10. The van der Waals surface area contributed by atoms with Gasteiger partial charge in [-0.25, -0.2) is 9.78 Å². The van der Waals surface area contributed by atoms with Gasteiger partial charge >= 0.3 is 0 Å². The number of hydrogen-bond acceptors (Lipinski definition) is 5. The number of alkyl halides is 1. The van der Waals surface area contributed by atoms with E-state index in [1.807, 2.05) is 37.3 Å². The van der Waals surface area contributed by atoms with Gasteiger partial charge < -0.3 is 14.2 Å². The Kier molecular flexibility index (Phi) is 4.20. The standard InChI is InChI=1S/C21H27BrO5/c1-13-9-10-16-20(3,22)17(23-14-7-5-4-6-8-14)24-18-21(16)15(13)11-12-19(2,25-18)26-27-21/h4-8,13,15-18H,9-12H2,1-3H3/t13-,15+,16+,17+,18-,19-,20?,21-/m1/s1. The van der Waals surface area contributed by atoms with E-state index >= 15 is 0 Å². The Morgan fingerprint density at radius 1 is 1.07 bits per heavy atom. The topological polar surface area (TPSA) is 46.2 Å². The number of ether oxygens (including phenoxy) is 3. The quantitative estimate of drug-likeness (QED) is 0.490. The lowest BCUT2D eigenvalue weighted by atomic mass is 9.58. The van der Waals surface area contributed by atoms with E-state index in [1.165, 1.54) is 0 Å². The van der Waals surface area contributed by atoms with Crippen LogP contribution in [0.25, 0.3) is 0 Å². The molecular formula is C21H27BrO5. The average Bonchev–Trinajstić information content (AvgIpc) is 2.86. The molecule has 6 heteroatoms. The molecule has 1 aliphatic carbocycles. The van der Waals surface area contributed by atoms with Crippen molar-refractivity contribution in [3.63, 3.8) is 0 Å². The van der Waals surface area contributed by atoms with Crippen LogP contribution < -0.4 is 4.74 Å². The van der Waals surface area contributed by atoms with Crippen molar-refractivity contribution >= 4 is 15.9 Å². The van der Waals surface area contributed by atoms with Gasteiger partial charge in [-0.15, -0.1) is 0 Å². The Hall–Kier alpha value is -0.660. The molecule has 2 bridgehead atoms. The first-order valence-corrected chi connectivity index (χ1v) is 10.8. The van der Waals surface area contributed by atoms with Crippen molar-refractivity contribution in [2.24, 2.45) is 17.8 Å². The van der Waals surface area contributed by atoms with Gasteiger partial charge in [0.15, 0.2) is 11.9 Å². The highest BCUT2D eigenvalue weighted by Gasteiger charge is 2.73. The number of hydrogen-bond donors (Lipinski definition) is 0. The minimum absolute atomic E-state index is 0.154. The molecule has 148 valence electrons. The zero-order chi connectivity index (χ0) is 18.9. The van der Waals surface area contributed by atoms with Crippen LogP contribution >= 0.6 is 15.9 Å². The zero-order valence-corrected chi connectivity index (χ0v) is 17.6. The van der Waals surface area contributed by atoms with Crippen LogP contribution in [-0.4, -0.2) is 28.3 Å². The molecule has 6 rings (SSSR count). The van der Waals surface area contributed by atoms with E-state index in [-0.39, 0.29) is 5.92 Å². The smallest absolute Gasteiger partial charge is 0.218 e. The van der Waals surface area contributed by atoms with E-state index in [1.54, 1.807) is 0 Å². The fourth-order valence-electron chi connectivity index (χ4n) is 5.62. The van der Waals surface area contributed by atoms with Crippen LogP contribution in [0.5, 0.6) is 5.75 Å². The van der Waals surface area contributed by atoms with Crippen molar-refractivity contribution in [3.8, 4) is 5.75 Å². The second kappa shape index (κ2) is 6.17. The maximum atomic E-state index is 6.47. The number of rotatable bonds is 2. The molecule has 5 fully saturated rings. The van der Waals surface area contributed by atoms with Crippen LogP contribution in [0, 0.1) is 17.8 Å². The Balaban J connectivity index is 1.55. The van der Waals surface area contributed by atoms with Crippen LogP contribution in [0.1, 0.15) is 46.5 Å². The lowest BCUT2D eigenvalue weighted by Crippen LogP contribution is -2.74. The summed E-state index contributed by atoms with van der Waals surface area (Å²) in [5.74, 6) is 1.04. The van der Waals surface area contributed by atoms with Gasteiger partial charge in [0.1, 0.15) is 5.75 Å². The van der Waals surface area contributed by atoms with E-state index in [2.05, 4.69) is 29.8 Å². The first kappa shape index (κ1) is 18.4. The SMILES string of the molecule is C[C@@H]1CC[C@H]2C(C)(Br)[C@@H](Oc3ccccc3)O[C@@H]3O[C@@]4(C)CC[C@@H]1[C@]32OO4. The second-order valence-electron chi connectivity index (χ2n) is 8.91. The fourth-order valence-corrected chi connectivity index (χ4v) is 6.41. The molecule has 8 atom stereocenters. The predicted octanol–water partition coefficient (Wildman–Crippen LogP) is 4.79. The molecule has 0 radical (unpaired) electrons. The average molecular weight is 439 g/mol. The normalized spacial score (nSPS) is 51.3. The van der Waals surface area contributed by atoms with E-state index in [4.69, 9.17) is 24.0 Å². The molecule has 0 aromatic heterocycles. The molecular weight excluding hydrogens is 412 g/mol. The fraction of sp³-hybridized carbons (Fsp3) is 0.714. The summed E-state index contributed by atoms with van der Waals surface area (Å²) in [6.45, 7) is 6.40. The summed E-state index contributed by atoms with van der Waals surface area (Å²) in [6.07, 6.45) is 3.00. The number of benzene rings is 1. The molecule has 0 amide bonds. The number of fused-ring (bicyclic) bond motifs is 2. The highest BCUT2D eigenvalue weighted by Crippen LogP contribution is 2.63. The van der Waals surface area contributed by atoms with Crippen LogP contribution in [0.4, 0.5) is 0 Å². The first-order chi connectivity index (χ1) is 12.9. The minimum atomic E-state index is -0.769. The molecule has 1 spiro atoms. The maximum Gasteiger partial charge on any atom is 0.218 e. The maximum absolute atomic E-state index is 6.47. The van der Waals surface area contributed by atoms with Gasteiger partial charge in [0, 0.05) is 12.3 Å². The molecule has 4 heterocycles. The summed E-state index contributed by atoms with van der Waals surface area (Å²) in [5.41, 5.74) is -0.609. The molecule has 4 aliphatic heterocycles. The van der Waals surface area contributed by atoms with Gasteiger partial charge in [-0.2, -0.15) is 0 Å². The summed E-state index contributed by atoms with van der Waals surface area (Å²) in [5, 5.41) is 0. The zero-order valence-electron chi connectivity index (χ0n) is 16.0. The minimum Gasteiger partial charge on any atom is -0.463 e. The van der Waals surface area contributed by atoms with E-state index in [0.717, 1.165) is 31.4 Å². The Bertz CT molecular complexity index is 712. The summed E-state index contributed by atoms with van der Waals surface area (Å²) >= 11 is 3.98. The molecule has 1 unspecified atom stereocenters. The highest BCUT2D eigenvalue weighted by atomic mass is 79.9. The van der Waals surface area contributed by atoms with Crippen molar-refractivity contribution < 1.29 is 24.0 Å². The van der Waals surface area contributed by atoms with Gasteiger partial charge in [0.25, 0.3) is 0 Å². The van der Waals surface area contributed by atoms with Crippen molar-refractivity contribution in [1.82, 2.24) is 0 Å². The Labute approximate surface area is 168 Å². The molecule has 4 saturated heterocycles. The van der Waals surface area contributed by atoms with E-state index < -0.39 is 28.3 Å². The summed E-state index contributed by atoms with van der Waals surface area (Å²) in [4.78, 5) is 12.0. The predicted molar refractivity (Wildman–Crippen MR) is 102 cm³/mol. The van der Waals surface area contributed by atoms with Gasteiger partial charge in [-0.1, -0.05) is 41.1 Å². The lowest BCUT2D eigenvalue weighted by molar-refractivity contribution is -0.573. The third-order valence-electron chi connectivity index (χ3n) is 7.09. The molecule has 0 N–H and O–H groups in total. The van der Waals surface area contributed by atoms with Crippen molar-refractivity contribution in [2.75, 3.05) is 0 Å². The third-order valence-corrected chi connectivity index (χ3v) is 8.02. The van der Waals surface area contributed by atoms with Gasteiger partial charge in [0.2, 0.25) is 12.1 Å². The summed E-state index contributed by atoms with van der Waals surface area (Å²) < 4.78 is 18.7. The van der Waals surface area contributed by atoms with Gasteiger partial charge in [0.05, 0.1) is 4.32 Å². The van der Waals surface area contributed by atoms with Gasteiger partial charge in [-0.3, -0.25) is 0 Å². The summed E-state index contributed by atoms with van der Waals surface area (Å²) in [7, 11) is 0. The second-order valence-corrected chi connectivity index (χ2v) is 10.6. The van der Waals surface area contributed by atoms with Crippen molar-refractivity contribution in [1.29, 1.82) is 0 Å². The monoisotopic (exact) mass is 438 g/mol. The number of para-hydroxylation sites is 1. The molecule has 1 aromatic carbocycles. The van der Waals surface area contributed by atoms with Crippen molar-refractivity contribution in [2.45, 2.75) is 74.7 Å². The molecule has 5 aliphatic rings. The Morgan fingerprint density at radius 3 is 2.63 bits per heavy atom. The molecule has 1 aromatic rings. The van der Waals surface area contributed by atoms with Crippen LogP contribution in [0.15, 0.2) is 30.3 Å². The van der Waals surface area contributed by atoms with Crippen LogP contribution in [0.3, 0.4) is 0 Å². The Morgan fingerprint density at radius 2 is 1.85 bits per heavy atom.